The highest BCUT2D eigenvalue weighted by Crippen LogP contribution is 2.24. The second-order valence-electron chi connectivity index (χ2n) is 8.62. The second kappa shape index (κ2) is 11.0. The van der Waals surface area contributed by atoms with Crippen molar-refractivity contribution in [3.05, 3.63) is 60.0 Å². The molecule has 0 atom stereocenters. The smallest absolute Gasteiger partial charge is 0.493 e. The molecule has 1 aliphatic rings. The van der Waals surface area contributed by atoms with E-state index in [1.807, 2.05) is 31.2 Å². The van der Waals surface area contributed by atoms with Crippen LogP contribution in [0, 0.1) is 6.92 Å². The van der Waals surface area contributed by atoms with Gasteiger partial charge in [0.2, 0.25) is 5.89 Å². The number of esters is 1. The fourth-order valence-corrected chi connectivity index (χ4v) is 3.63. The fourth-order valence-electron chi connectivity index (χ4n) is 3.63. The summed E-state index contributed by atoms with van der Waals surface area (Å²) in [6.45, 7) is 9.00. The molecule has 0 spiro atoms. The van der Waals surface area contributed by atoms with Crippen molar-refractivity contribution < 1.29 is 32.7 Å². The number of hydrogen-bond donors (Lipinski definition) is 0. The number of aromatic nitrogens is 1. The minimum atomic E-state index is -1.07. The van der Waals surface area contributed by atoms with Crippen LogP contribution in [0.25, 0.3) is 11.5 Å². The summed E-state index contributed by atoms with van der Waals surface area (Å²) in [6.07, 6.45) is 0.602. The first-order chi connectivity index (χ1) is 16.9. The highest BCUT2D eigenvalue weighted by atomic mass is 16.6. The number of benzene rings is 2. The van der Waals surface area contributed by atoms with Gasteiger partial charge in [-0.25, -0.2) is 9.78 Å². The molecule has 9 heteroatoms. The third-order valence-electron chi connectivity index (χ3n) is 5.52. The van der Waals surface area contributed by atoms with Crippen molar-refractivity contribution in [1.82, 2.24) is 4.98 Å². The van der Waals surface area contributed by atoms with Crippen molar-refractivity contribution in [1.29, 1.82) is 0 Å². The van der Waals surface area contributed by atoms with E-state index in [4.69, 9.17) is 27.9 Å². The van der Waals surface area contributed by atoms with Crippen molar-refractivity contribution in [2.45, 2.75) is 39.7 Å². The molecule has 4 rings (SSSR count). The molecule has 1 saturated heterocycles. The molecule has 0 aliphatic carbocycles. The molecule has 2 aromatic carbocycles. The van der Waals surface area contributed by atoms with Gasteiger partial charge in [-0.15, -0.1) is 0 Å². The average Bonchev–Trinajstić information content (AvgIpc) is 3.51. The number of nitrogens with zero attached hydrogens (tertiary/aromatic N) is 1. The van der Waals surface area contributed by atoms with Gasteiger partial charge in [-0.2, -0.15) is 0 Å². The second-order valence-corrected chi connectivity index (χ2v) is 8.62. The molecule has 0 amide bonds. The number of aryl methyl sites for hydroxylation is 1. The normalized spacial score (nSPS) is 13.7. The Morgan fingerprint density at radius 3 is 2.34 bits per heavy atom. The summed E-state index contributed by atoms with van der Waals surface area (Å²) < 4.78 is 33.6. The third kappa shape index (κ3) is 6.23. The summed E-state index contributed by atoms with van der Waals surface area (Å²) in [7, 11) is -0.298. The minimum absolute atomic E-state index is 0.298. The van der Waals surface area contributed by atoms with E-state index in [0.29, 0.717) is 50.2 Å². The molecule has 35 heavy (non-hydrogen) atoms. The van der Waals surface area contributed by atoms with Gasteiger partial charge in [-0.1, -0.05) is 12.1 Å². The molecule has 184 valence electrons. The van der Waals surface area contributed by atoms with Crippen LogP contribution in [-0.2, 0) is 25.3 Å². The molecular formula is C26H30BNO7. The van der Waals surface area contributed by atoms with Crippen LogP contribution in [0.5, 0.6) is 11.5 Å². The highest BCUT2D eigenvalue weighted by molar-refractivity contribution is 6.61. The Balaban J connectivity index is 1.30. The van der Waals surface area contributed by atoms with Crippen LogP contribution in [0.3, 0.4) is 0 Å². The van der Waals surface area contributed by atoms with Crippen LogP contribution in [0.1, 0.15) is 32.2 Å². The molecule has 1 aromatic heterocycles. The van der Waals surface area contributed by atoms with E-state index in [0.717, 1.165) is 22.5 Å². The average molecular weight is 479 g/mol. The molecule has 2 heterocycles. The van der Waals surface area contributed by atoms with Gasteiger partial charge in [0.15, 0.2) is 5.60 Å². The number of rotatable bonds is 10. The molecule has 0 radical (unpaired) electrons. The maximum atomic E-state index is 12.0. The lowest BCUT2D eigenvalue weighted by molar-refractivity contribution is -0.158. The first-order valence-electron chi connectivity index (χ1n) is 11.7. The SMILES string of the molecule is CCOC(=O)C(C)(C)Oc1ccc(OCCc2nc(-c3ccc(B4OCCO4)cc3)oc2C)cc1. The summed E-state index contributed by atoms with van der Waals surface area (Å²) >= 11 is 0. The van der Waals surface area contributed by atoms with E-state index in [1.54, 1.807) is 45.0 Å². The fraction of sp³-hybridized carbons (Fsp3) is 0.385. The first-order valence-corrected chi connectivity index (χ1v) is 11.7. The lowest BCUT2D eigenvalue weighted by atomic mass is 9.79. The third-order valence-corrected chi connectivity index (χ3v) is 5.52. The lowest BCUT2D eigenvalue weighted by Crippen LogP contribution is -2.39. The van der Waals surface area contributed by atoms with Crippen LogP contribution in [0.2, 0.25) is 0 Å². The van der Waals surface area contributed by atoms with Crippen LogP contribution < -0.4 is 14.9 Å². The van der Waals surface area contributed by atoms with E-state index in [-0.39, 0.29) is 7.12 Å². The molecule has 0 bridgehead atoms. The van der Waals surface area contributed by atoms with E-state index in [1.165, 1.54) is 0 Å². The topological polar surface area (TPSA) is 89.3 Å². The number of hydrogen-bond acceptors (Lipinski definition) is 8. The number of ether oxygens (including phenoxy) is 3. The van der Waals surface area contributed by atoms with Gasteiger partial charge in [0, 0.05) is 12.0 Å². The molecule has 0 unspecified atom stereocenters. The predicted octanol–water partition coefficient (Wildman–Crippen LogP) is 3.73. The molecule has 1 fully saturated rings. The number of carbonyl (C=O) groups excluding carboxylic acids is 1. The van der Waals surface area contributed by atoms with Crippen molar-refractivity contribution in [2.75, 3.05) is 26.4 Å². The van der Waals surface area contributed by atoms with Crippen LogP contribution >= 0.6 is 0 Å². The van der Waals surface area contributed by atoms with Gasteiger partial charge < -0.3 is 27.9 Å². The van der Waals surface area contributed by atoms with Crippen molar-refractivity contribution >= 4 is 18.6 Å². The quantitative estimate of drug-likeness (QED) is 0.321. The first kappa shape index (κ1) is 24.8. The van der Waals surface area contributed by atoms with E-state index < -0.39 is 11.6 Å². The van der Waals surface area contributed by atoms with Crippen LogP contribution in [0.15, 0.2) is 52.9 Å². The monoisotopic (exact) mass is 479 g/mol. The lowest BCUT2D eigenvalue weighted by Gasteiger charge is -2.24. The molecule has 8 nitrogen and oxygen atoms in total. The maximum Gasteiger partial charge on any atom is 0.494 e. The predicted molar refractivity (Wildman–Crippen MR) is 131 cm³/mol. The highest BCUT2D eigenvalue weighted by Gasteiger charge is 2.31. The minimum Gasteiger partial charge on any atom is -0.493 e. The largest absolute Gasteiger partial charge is 0.494 e. The van der Waals surface area contributed by atoms with Gasteiger partial charge in [0.25, 0.3) is 0 Å². The number of carbonyl (C=O) groups is 1. The summed E-state index contributed by atoms with van der Waals surface area (Å²) in [5.74, 6) is 2.18. The number of oxazole rings is 1. The molecular weight excluding hydrogens is 449 g/mol. The van der Waals surface area contributed by atoms with Crippen molar-refractivity contribution in [2.24, 2.45) is 0 Å². The van der Waals surface area contributed by atoms with Gasteiger partial charge in [0.1, 0.15) is 17.3 Å². The summed E-state index contributed by atoms with van der Waals surface area (Å²) in [4.78, 5) is 16.7. The Morgan fingerprint density at radius 2 is 1.69 bits per heavy atom. The van der Waals surface area contributed by atoms with E-state index >= 15 is 0 Å². The van der Waals surface area contributed by atoms with Gasteiger partial charge in [-0.05, 0) is 69.6 Å². The van der Waals surface area contributed by atoms with E-state index in [2.05, 4.69) is 4.98 Å². The summed E-state index contributed by atoms with van der Waals surface area (Å²) in [6, 6.07) is 15.0. The Bertz CT molecular complexity index is 1120. The van der Waals surface area contributed by atoms with Gasteiger partial charge in [-0.3, -0.25) is 0 Å². The standard InChI is InChI=1S/C26H30BNO7/c1-5-30-25(29)26(3,4)35-22-12-10-21(11-13-22)31-15-14-23-18(2)34-24(28-23)19-6-8-20(9-7-19)27-32-16-17-33-27/h6-13H,5,14-17H2,1-4H3. The maximum absolute atomic E-state index is 12.0. The molecule has 3 aromatic rings. The van der Waals surface area contributed by atoms with Crippen molar-refractivity contribution in [3.8, 4) is 23.0 Å². The zero-order valence-electron chi connectivity index (χ0n) is 20.5. The van der Waals surface area contributed by atoms with E-state index in [9.17, 15) is 4.79 Å². The zero-order chi connectivity index (χ0) is 24.8. The Morgan fingerprint density at radius 1 is 1.03 bits per heavy atom. The molecule has 1 aliphatic heterocycles. The Kier molecular flexibility index (Phi) is 7.78. The summed E-state index contributed by atoms with van der Waals surface area (Å²) in [5.41, 5.74) is 1.65. The Hall–Kier alpha value is -3.30. The van der Waals surface area contributed by atoms with Crippen LogP contribution in [-0.4, -0.2) is 50.1 Å². The van der Waals surface area contributed by atoms with Gasteiger partial charge in [0.05, 0.1) is 32.1 Å². The summed E-state index contributed by atoms with van der Waals surface area (Å²) in [5, 5.41) is 0. The molecule has 0 N–H and O–H groups in total. The molecule has 0 saturated carbocycles. The van der Waals surface area contributed by atoms with Gasteiger partial charge >= 0.3 is 13.1 Å². The van der Waals surface area contributed by atoms with Crippen molar-refractivity contribution in [3.63, 3.8) is 0 Å². The van der Waals surface area contributed by atoms with Crippen LogP contribution in [0.4, 0.5) is 0 Å². The Labute approximate surface area is 205 Å². The zero-order valence-corrected chi connectivity index (χ0v) is 20.5.